The lowest BCUT2D eigenvalue weighted by molar-refractivity contribution is -0.139. The van der Waals surface area contributed by atoms with Gasteiger partial charge >= 0.3 is 5.97 Å². The smallest absolute Gasteiger partial charge is 0.311 e. The van der Waals surface area contributed by atoms with Crippen LogP contribution >= 0.6 is 0 Å². The van der Waals surface area contributed by atoms with E-state index in [2.05, 4.69) is 49.2 Å². The maximum absolute atomic E-state index is 11.4. The molecule has 1 aliphatic heterocycles. The molecule has 0 amide bonds. The van der Waals surface area contributed by atoms with Crippen molar-refractivity contribution in [3.05, 3.63) is 53.9 Å². The Labute approximate surface area is 148 Å². The number of anilines is 1. The summed E-state index contributed by atoms with van der Waals surface area (Å²) < 4.78 is 4.69. The lowest BCUT2D eigenvalue weighted by Crippen LogP contribution is -2.41. The van der Waals surface area contributed by atoms with Crippen LogP contribution in [0.5, 0.6) is 0 Å². The number of benzene rings is 1. The van der Waals surface area contributed by atoms with E-state index in [-0.39, 0.29) is 12.4 Å². The van der Waals surface area contributed by atoms with Crippen molar-refractivity contribution < 1.29 is 9.53 Å². The van der Waals surface area contributed by atoms with Gasteiger partial charge in [-0.2, -0.15) is 0 Å². The molecule has 1 atom stereocenters. The number of nitrogens with one attached hydrogen (secondary N) is 1. The molecule has 0 spiro atoms. The molecule has 1 aliphatic rings. The number of methoxy groups -OCH3 is 1. The predicted molar refractivity (Wildman–Crippen MR) is 96.1 cm³/mol. The summed E-state index contributed by atoms with van der Waals surface area (Å²) in [6, 6.07) is 12.6. The molecule has 1 N–H and O–H groups in total. The summed E-state index contributed by atoms with van der Waals surface area (Å²) in [5.74, 6) is 0.282. The van der Waals surface area contributed by atoms with Crippen molar-refractivity contribution in [2.24, 2.45) is 0 Å². The van der Waals surface area contributed by atoms with Gasteiger partial charge in [-0.25, -0.2) is 9.97 Å². The predicted octanol–water partition coefficient (Wildman–Crippen LogP) is 2.27. The van der Waals surface area contributed by atoms with Crippen molar-refractivity contribution >= 4 is 11.9 Å². The maximum Gasteiger partial charge on any atom is 0.311 e. The van der Waals surface area contributed by atoms with E-state index in [4.69, 9.17) is 0 Å². The van der Waals surface area contributed by atoms with E-state index in [1.54, 1.807) is 12.3 Å². The highest BCUT2D eigenvalue weighted by Crippen LogP contribution is 2.16. The van der Waals surface area contributed by atoms with E-state index in [1.807, 2.05) is 6.07 Å². The SMILES string of the molecule is COC(=O)Cc1ccnc(N[C@H]2CCCN(Cc3ccccc3)C2)n1. The normalized spacial score (nSPS) is 17.9. The molecular formula is C19H24N4O2. The minimum atomic E-state index is -0.295. The largest absolute Gasteiger partial charge is 0.469 e. The van der Waals surface area contributed by atoms with Gasteiger partial charge in [0.15, 0.2) is 0 Å². The third kappa shape index (κ3) is 5.26. The first-order valence-electron chi connectivity index (χ1n) is 8.64. The molecule has 1 aromatic carbocycles. The number of carbonyl (C=O) groups excluding carboxylic acids is 1. The van der Waals surface area contributed by atoms with Crippen LogP contribution in [0.1, 0.15) is 24.1 Å². The van der Waals surface area contributed by atoms with Crippen molar-refractivity contribution in [3.8, 4) is 0 Å². The molecule has 0 unspecified atom stereocenters. The number of ether oxygens (including phenoxy) is 1. The topological polar surface area (TPSA) is 67.3 Å². The molecule has 2 heterocycles. The number of hydrogen-bond acceptors (Lipinski definition) is 6. The molecule has 132 valence electrons. The Kier molecular flexibility index (Phi) is 5.95. The zero-order valence-electron chi connectivity index (χ0n) is 14.5. The minimum absolute atomic E-state index is 0.165. The molecule has 0 radical (unpaired) electrons. The van der Waals surface area contributed by atoms with Crippen LogP contribution in [0.2, 0.25) is 0 Å². The van der Waals surface area contributed by atoms with Gasteiger partial charge in [-0.1, -0.05) is 30.3 Å². The van der Waals surface area contributed by atoms with Crippen LogP contribution in [0, 0.1) is 0 Å². The summed E-state index contributed by atoms with van der Waals surface area (Å²) in [5.41, 5.74) is 2.00. The van der Waals surface area contributed by atoms with Crippen LogP contribution in [0.4, 0.5) is 5.95 Å². The van der Waals surface area contributed by atoms with Gasteiger partial charge in [-0.05, 0) is 31.0 Å². The molecule has 3 rings (SSSR count). The van der Waals surface area contributed by atoms with Gasteiger partial charge in [-0.15, -0.1) is 0 Å². The van der Waals surface area contributed by atoms with Gasteiger partial charge < -0.3 is 10.1 Å². The van der Waals surface area contributed by atoms with E-state index in [0.717, 1.165) is 32.5 Å². The average Bonchev–Trinajstić information content (AvgIpc) is 2.63. The number of likely N-dealkylation sites (tertiary alicyclic amines) is 1. The zero-order valence-corrected chi connectivity index (χ0v) is 14.5. The summed E-state index contributed by atoms with van der Waals surface area (Å²) in [6.45, 7) is 3.03. The molecule has 0 bridgehead atoms. The van der Waals surface area contributed by atoms with Crippen LogP contribution in [0.3, 0.4) is 0 Å². The zero-order chi connectivity index (χ0) is 17.5. The third-order valence-electron chi connectivity index (χ3n) is 4.35. The van der Waals surface area contributed by atoms with Crippen LogP contribution in [-0.4, -0.2) is 47.1 Å². The van der Waals surface area contributed by atoms with E-state index >= 15 is 0 Å². The fourth-order valence-corrected chi connectivity index (χ4v) is 3.13. The molecule has 6 heteroatoms. The highest BCUT2D eigenvalue weighted by Gasteiger charge is 2.20. The summed E-state index contributed by atoms with van der Waals surface area (Å²) in [5, 5.41) is 3.41. The second-order valence-corrected chi connectivity index (χ2v) is 6.33. The standard InChI is InChI=1S/C19H24N4O2/c1-25-18(24)12-16-9-10-20-19(21-16)22-17-8-5-11-23(14-17)13-15-6-3-2-4-7-15/h2-4,6-7,9-10,17H,5,8,11-14H2,1H3,(H,20,21,22)/t17-/m0/s1. The van der Waals surface area contributed by atoms with Crippen molar-refractivity contribution in [2.75, 3.05) is 25.5 Å². The highest BCUT2D eigenvalue weighted by molar-refractivity contribution is 5.71. The van der Waals surface area contributed by atoms with Gasteiger partial charge in [0, 0.05) is 25.3 Å². The van der Waals surface area contributed by atoms with Crippen molar-refractivity contribution in [1.82, 2.24) is 14.9 Å². The number of rotatable bonds is 6. The Morgan fingerprint density at radius 3 is 2.96 bits per heavy atom. The fraction of sp³-hybridized carbons (Fsp3) is 0.421. The first kappa shape index (κ1) is 17.4. The van der Waals surface area contributed by atoms with E-state index < -0.39 is 0 Å². The average molecular weight is 340 g/mol. The molecule has 1 aromatic heterocycles. The fourth-order valence-electron chi connectivity index (χ4n) is 3.13. The molecule has 1 saturated heterocycles. The number of nitrogens with zero attached hydrogens (tertiary/aromatic N) is 3. The summed E-state index contributed by atoms with van der Waals surface area (Å²) >= 11 is 0. The van der Waals surface area contributed by atoms with Crippen LogP contribution < -0.4 is 5.32 Å². The van der Waals surface area contributed by atoms with E-state index in [0.29, 0.717) is 17.7 Å². The lowest BCUT2D eigenvalue weighted by Gasteiger charge is -2.33. The van der Waals surface area contributed by atoms with E-state index in [9.17, 15) is 4.79 Å². The van der Waals surface area contributed by atoms with Gasteiger partial charge in [0.05, 0.1) is 19.2 Å². The summed E-state index contributed by atoms with van der Waals surface area (Å²) in [6.07, 6.45) is 4.08. The van der Waals surface area contributed by atoms with Gasteiger partial charge in [0.2, 0.25) is 5.95 Å². The monoisotopic (exact) mass is 340 g/mol. The van der Waals surface area contributed by atoms with E-state index in [1.165, 1.54) is 12.7 Å². The Bertz CT molecular complexity index is 693. The molecule has 1 fully saturated rings. The maximum atomic E-state index is 11.4. The Morgan fingerprint density at radius 1 is 1.32 bits per heavy atom. The first-order chi connectivity index (χ1) is 12.2. The number of esters is 1. The van der Waals surface area contributed by atoms with Gasteiger partial charge in [0.25, 0.3) is 0 Å². The number of aromatic nitrogens is 2. The van der Waals surface area contributed by atoms with Crippen molar-refractivity contribution in [3.63, 3.8) is 0 Å². The second-order valence-electron chi connectivity index (χ2n) is 6.33. The van der Waals surface area contributed by atoms with Crippen LogP contribution in [-0.2, 0) is 22.5 Å². The van der Waals surface area contributed by atoms with Gasteiger partial charge in [-0.3, -0.25) is 9.69 Å². The summed E-state index contributed by atoms with van der Waals surface area (Å²) in [7, 11) is 1.38. The summed E-state index contributed by atoms with van der Waals surface area (Å²) in [4.78, 5) is 22.5. The Balaban J connectivity index is 1.57. The third-order valence-corrected chi connectivity index (χ3v) is 4.35. The lowest BCUT2D eigenvalue weighted by atomic mass is 10.0. The molecule has 2 aromatic rings. The number of piperidine rings is 1. The number of carbonyl (C=O) groups is 1. The second kappa shape index (κ2) is 8.58. The quantitative estimate of drug-likeness (QED) is 0.814. The molecular weight excluding hydrogens is 316 g/mol. The minimum Gasteiger partial charge on any atom is -0.469 e. The molecule has 25 heavy (non-hydrogen) atoms. The highest BCUT2D eigenvalue weighted by atomic mass is 16.5. The molecule has 6 nitrogen and oxygen atoms in total. The van der Waals surface area contributed by atoms with Crippen LogP contribution in [0.15, 0.2) is 42.6 Å². The Hall–Kier alpha value is -2.47. The molecule has 0 aliphatic carbocycles. The number of hydrogen-bond donors (Lipinski definition) is 1. The van der Waals surface area contributed by atoms with Gasteiger partial charge in [0.1, 0.15) is 0 Å². The van der Waals surface area contributed by atoms with Crippen molar-refractivity contribution in [1.29, 1.82) is 0 Å². The molecule has 0 saturated carbocycles. The Morgan fingerprint density at radius 2 is 2.16 bits per heavy atom. The first-order valence-corrected chi connectivity index (χ1v) is 8.64. The van der Waals surface area contributed by atoms with Crippen LogP contribution in [0.25, 0.3) is 0 Å². The van der Waals surface area contributed by atoms with Crippen molar-refractivity contribution in [2.45, 2.75) is 31.8 Å².